The molecule has 1 N–H and O–H groups in total. The summed E-state index contributed by atoms with van der Waals surface area (Å²) in [6.45, 7) is 37.6. The van der Waals surface area contributed by atoms with Crippen LogP contribution in [0.4, 0.5) is 46.2 Å². The van der Waals surface area contributed by atoms with Gasteiger partial charge in [0.05, 0.1) is 0 Å². The third kappa shape index (κ3) is 31.7. The van der Waals surface area contributed by atoms with Gasteiger partial charge in [-0.1, -0.05) is 11.6 Å². The molecule has 21 heteroatoms. The molecular formula is C52H89ClN8O12. The fourth-order valence-corrected chi connectivity index (χ4v) is 5.68. The van der Waals surface area contributed by atoms with E-state index in [-0.39, 0.29) is 28.7 Å². The number of aryl methyl sites for hydroxylation is 2. The molecule has 416 valence electrons. The Bertz CT molecular complexity index is 2050. The van der Waals surface area contributed by atoms with Crippen LogP contribution in [0, 0.1) is 13.8 Å². The van der Waals surface area contributed by atoms with Crippen molar-refractivity contribution in [3.05, 3.63) is 40.5 Å². The highest BCUT2D eigenvalue weighted by molar-refractivity contribution is 6.29. The second-order valence-corrected chi connectivity index (χ2v) is 24.0. The second kappa shape index (κ2) is 28.3. The van der Waals surface area contributed by atoms with Crippen molar-refractivity contribution in [2.75, 3.05) is 69.1 Å². The van der Waals surface area contributed by atoms with Gasteiger partial charge in [0, 0.05) is 13.1 Å². The molecule has 73 heavy (non-hydrogen) atoms. The normalized spacial score (nSPS) is 12.0. The first-order chi connectivity index (χ1) is 32.8. The molecule has 0 aliphatic rings. The van der Waals surface area contributed by atoms with E-state index < -0.39 is 64.1 Å². The largest absolute Gasteiger partial charge is 0.444 e. The minimum absolute atomic E-state index is 0.0188. The summed E-state index contributed by atoms with van der Waals surface area (Å²) in [4.78, 5) is 90.9. The predicted molar refractivity (Wildman–Crippen MR) is 287 cm³/mol. The number of hydrogen-bond donors (Lipinski definition) is 1. The van der Waals surface area contributed by atoms with Crippen LogP contribution in [-0.4, -0.2) is 144 Å². The number of anilines is 3. The summed E-state index contributed by atoms with van der Waals surface area (Å²) in [5.41, 5.74) is -2.98. The van der Waals surface area contributed by atoms with Crippen LogP contribution in [0.2, 0.25) is 5.15 Å². The Kier molecular flexibility index (Phi) is 26.2. The van der Waals surface area contributed by atoms with E-state index in [1.807, 2.05) is 53.9 Å². The molecule has 0 spiro atoms. The van der Waals surface area contributed by atoms with Crippen LogP contribution in [0.15, 0.2) is 24.3 Å². The Morgan fingerprint density at radius 1 is 0.452 bits per heavy atom. The van der Waals surface area contributed by atoms with Gasteiger partial charge in [-0.2, -0.15) is 9.80 Å². The smallest absolute Gasteiger partial charge is 0.425 e. The van der Waals surface area contributed by atoms with Crippen LogP contribution < -0.4 is 20.0 Å². The Hall–Kier alpha value is -5.47. The van der Waals surface area contributed by atoms with Crippen molar-refractivity contribution < 1.29 is 57.2 Å². The number of ether oxygens (including phenoxy) is 6. The maximum absolute atomic E-state index is 13.1. The molecule has 0 unspecified atom stereocenters. The highest BCUT2D eigenvalue weighted by atomic mass is 35.5. The third-order valence-electron chi connectivity index (χ3n) is 7.96. The number of carbonyl (C=O) groups is 6. The molecule has 0 aliphatic carbocycles. The van der Waals surface area contributed by atoms with Crippen molar-refractivity contribution in [1.29, 1.82) is 0 Å². The first-order valence-corrected chi connectivity index (χ1v) is 24.6. The number of halogens is 1. The highest BCUT2D eigenvalue weighted by Gasteiger charge is 2.36. The summed E-state index contributed by atoms with van der Waals surface area (Å²) in [5, 5.41) is 2.87. The number of alkyl carbamates (subject to hydrolysis) is 1. The number of aromatic nitrogens is 2. The van der Waals surface area contributed by atoms with E-state index in [4.69, 9.17) is 40.0 Å². The maximum atomic E-state index is 13.1. The molecule has 0 saturated carbocycles. The summed E-state index contributed by atoms with van der Waals surface area (Å²) in [6.07, 6.45) is -2.94. The number of rotatable bonds is 11. The molecule has 0 fully saturated rings. The van der Waals surface area contributed by atoms with Gasteiger partial charge in [-0.3, -0.25) is 4.90 Å². The molecule has 0 saturated heterocycles. The van der Waals surface area contributed by atoms with Gasteiger partial charge in [0.1, 0.15) is 44.6 Å². The quantitative estimate of drug-likeness (QED) is 0.126. The highest BCUT2D eigenvalue weighted by Crippen LogP contribution is 2.27. The van der Waals surface area contributed by atoms with Gasteiger partial charge in [-0.25, -0.2) is 38.7 Å². The average molecular weight is 1050 g/mol. The van der Waals surface area contributed by atoms with E-state index in [1.165, 1.54) is 4.90 Å². The van der Waals surface area contributed by atoms with E-state index in [2.05, 4.69) is 20.2 Å². The lowest BCUT2D eigenvalue weighted by molar-refractivity contribution is 0.0406. The van der Waals surface area contributed by atoms with E-state index in [0.717, 1.165) is 34.9 Å². The Balaban J connectivity index is 0.00000119. The number of carbonyl (C=O) groups excluding carboxylic acids is 6. The van der Waals surface area contributed by atoms with Gasteiger partial charge in [-0.05, 0) is 228 Å². The molecular weight excluding hydrogens is 964 g/mol. The third-order valence-corrected chi connectivity index (χ3v) is 8.15. The van der Waals surface area contributed by atoms with Crippen molar-refractivity contribution in [2.24, 2.45) is 0 Å². The van der Waals surface area contributed by atoms with Crippen molar-refractivity contribution >= 4 is 65.6 Å². The second-order valence-electron chi connectivity index (χ2n) is 23.7. The molecule has 0 bridgehead atoms. The lowest BCUT2D eigenvalue weighted by Crippen LogP contribution is -2.44. The topological polar surface area (TPSA) is 212 Å². The molecule has 0 radical (unpaired) electrons. The number of imide groups is 2. The molecule has 2 aromatic rings. The van der Waals surface area contributed by atoms with Crippen LogP contribution in [0.5, 0.6) is 0 Å². The monoisotopic (exact) mass is 1050 g/mol. The van der Waals surface area contributed by atoms with Crippen LogP contribution in [0.3, 0.4) is 0 Å². The van der Waals surface area contributed by atoms with E-state index >= 15 is 0 Å². The van der Waals surface area contributed by atoms with Crippen molar-refractivity contribution in [3.63, 3.8) is 0 Å². The van der Waals surface area contributed by atoms with E-state index in [1.54, 1.807) is 142 Å². The molecule has 2 heterocycles. The Morgan fingerprint density at radius 2 is 0.767 bits per heavy atom. The lowest BCUT2D eigenvalue weighted by atomic mass is 10.2. The Morgan fingerprint density at radius 3 is 1.11 bits per heavy atom. The van der Waals surface area contributed by atoms with Gasteiger partial charge in [0.15, 0.2) is 11.6 Å². The van der Waals surface area contributed by atoms with E-state index in [9.17, 15) is 28.8 Å². The zero-order valence-electron chi connectivity index (χ0n) is 48.5. The van der Waals surface area contributed by atoms with Crippen molar-refractivity contribution in [3.8, 4) is 0 Å². The molecule has 0 aromatic carbocycles. The first-order valence-electron chi connectivity index (χ1n) is 24.2. The SMILES string of the molecule is CN(C)CCCNC(=O)OC(C)(C)C.Cc1cc(Cl)nc(N(C(=O)OC(C)(C)C)C(=O)OC(C)(C)C)c1.Cc1cc(N(CCCN(C)C)C(=O)OC(C)(C)C)nc(N(C(=O)OC(C)(C)C)C(=O)OC(C)(C)C)c1. The van der Waals surface area contributed by atoms with Crippen LogP contribution in [0.1, 0.15) is 149 Å². The van der Waals surface area contributed by atoms with Crippen molar-refractivity contribution in [2.45, 2.75) is 185 Å². The number of nitrogens with zero attached hydrogens (tertiary/aromatic N) is 7. The molecule has 0 atom stereocenters. The maximum Gasteiger partial charge on any atom is 0.425 e. The van der Waals surface area contributed by atoms with Gasteiger partial charge in [0.2, 0.25) is 0 Å². The number of hydrogen-bond acceptors (Lipinski definition) is 16. The molecule has 6 amide bonds. The number of nitrogens with one attached hydrogen (secondary N) is 1. The minimum atomic E-state index is -0.933. The molecule has 2 rings (SSSR count). The summed E-state index contributed by atoms with van der Waals surface area (Å²) in [7, 11) is 7.90. The standard InChI is InChI=1S/C26H44N4O6.C16H23ClN2O4.C10H22N2O2/c1-18-16-19(29(15-13-14-28(11)12)21(31)34-24(2,3)4)27-20(17-18)30(22(32)35-25(5,6)7)23(33)36-26(8,9)10;1-10-8-11(17)18-12(9-10)19(13(20)22-15(2,3)4)14(21)23-16(5,6)7;1-10(2,3)14-9(13)11-7-6-8-12(4)5/h16-17H,13-15H2,1-12H3;8-9H,1-7H3;6-8H2,1-5H3,(H,11,13). The zero-order chi connectivity index (χ0) is 57.2. The summed E-state index contributed by atoms with van der Waals surface area (Å²) < 4.78 is 32.2. The van der Waals surface area contributed by atoms with Gasteiger partial charge in [0.25, 0.3) is 0 Å². The minimum Gasteiger partial charge on any atom is -0.444 e. The molecule has 2 aromatic heterocycles. The Labute approximate surface area is 441 Å². The number of amides is 6. The van der Waals surface area contributed by atoms with Gasteiger partial charge in [-0.15, -0.1) is 0 Å². The molecule has 20 nitrogen and oxygen atoms in total. The fourth-order valence-electron chi connectivity index (χ4n) is 5.42. The summed E-state index contributed by atoms with van der Waals surface area (Å²) in [5.74, 6) is 0.281. The fraction of sp³-hybridized carbons (Fsp3) is 0.692. The number of pyridine rings is 2. The van der Waals surface area contributed by atoms with Crippen molar-refractivity contribution in [1.82, 2.24) is 25.1 Å². The van der Waals surface area contributed by atoms with Crippen LogP contribution >= 0.6 is 11.6 Å². The van der Waals surface area contributed by atoms with Gasteiger partial charge < -0.3 is 43.5 Å². The van der Waals surface area contributed by atoms with Crippen LogP contribution in [0.25, 0.3) is 0 Å². The zero-order valence-corrected chi connectivity index (χ0v) is 49.2. The lowest BCUT2D eigenvalue weighted by Gasteiger charge is -2.30. The summed E-state index contributed by atoms with van der Waals surface area (Å²) in [6, 6.07) is 6.43. The molecule has 0 aliphatic heterocycles. The van der Waals surface area contributed by atoms with E-state index in [0.29, 0.717) is 25.1 Å². The summed E-state index contributed by atoms with van der Waals surface area (Å²) >= 11 is 5.93. The van der Waals surface area contributed by atoms with Gasteiger partial charge >= 0.3 is 36.6 Å². The van der Waals surface area contributed by atoms with Crippen LogP contribution in [-0.2, 0) is 28.4 Å². The first kappa shape index (κ1) is 67.5. The average Bonchev–Trinajstić information content (AvgIpc) is 3.10. The predicted octanol–water partition coefficient (Wildman–Crippen LogP) is 11.9.